The van der Waals surface area contributed by atoms with Gasteiger partial charge >= 0.3 is 0 Å². The maximum absolute atomic E-state index is 5.97. The Morgan fingerprint density at radius 3 is 2.71 bits per heavy atom. The van der Waals surface area contributed by atoms with Gasteiger partial charge in [0, 0.05) is 11.6 Å². The molecule has 0 aromatic carbocycles. The molecule has 0 spiro atoms. The van der Waals surface area contributed by atoms with Crippen LogP contribution in [0.1, 0.15) is 32.8 Å². The van der Waals surface area contributed by atoms with E-state index in [0.717, 1.165) is 24.2 Å². The second kappa shape index (κ2) is 5.15. The van der Waals surface area contributed by atoms with Crippen molar-refractivity contribution in [2.75, 3.05) is 5.32 Å². The van der Waals surface area contributed by atoms with Crippen molar-refractivity contribution in [3.05, 3.63) is 17.0 Å². The van der Waals surface area contributed by atoms with Crippen LogP contribution < -0.4 is 5.32 Å². The fraction of sp³-hybridized carbons (Fsp3) is 0.600. The Bertz CT molecular complexity index is 301. The van der Waals surface area contributed by atoms with E-state index in [4.69, 9.17) is 11.6 Å². The van der Waals surface area contributed by atoms with Gasteiger partial charge in [0.25, 0.3) is 0 Å². The van der Waals surface area contributed by atoms with E-state index < -0.39 is 0 Å². The van der Waals surface area contributed by atoms with Gasteiger partial charge in [-0.25, -0.2) is 9.97 Å². The zero-order valence-corrected chi connectivity index (χ0v) is 9.60. The zero-order chi connectivity index (χ0) is 10.6. The molecule has 1 N–H and O–H groups in total. The lowest BCUT2D eigenvalue weighted by atomic mass is 10.2. The lowest BCUT2D eigenvalue weighted by Crippen LogP contribution is -2.16. The molecule has 3 nitrogen and oxygen atoms in total. The second-order valence-electron chi connectivity index (χ2n) is 3.30. The molecule has 1 rings (SSSR count). The van der Waals surface area contributed by atoms with E-state index in [1.807, 2.05) is 6.92 Å². The summed E-state index contributed by atoms with van der Waals surface area (Å²) < 4.78 is 0. The predicted octanol–water partition coefficient (Wildman–Crippen LogP) is 2.90. The Kier molecular flexibility index (Phi) is 4.14. The van der Waals surface area contributed by atoms with E-state index >= 15 is 0 Å². The van der Waals surface area contributed by atoms with Crippen LogP contribution in [0.2, 0.25) is 5.15 Å². The van der Waals surface area contributed by atoms with Crippen LogP contribution in [0.5, 0.6) is 0 Å². The SMILES string of the molecule is CCc1c(Cl)ncnc1NC(C)CC. The van der Waals surface area contributed by atoms with Crippen molar-refractivity contribution >= 4 is 17.4 Å². The van der Waals surface area contributed by atoms with Gasteiger partial charge in [0.1, 0.15) is 17.3 Å². The van der Waals surface area contributed by atoms with Gasteiger partial charge in [0.05, 0.1) is 0 Å². The highest BCUT2D eigenvalue weighted by Crippen LogP contribution is 2.20. The molecule has 1 aromatic heterocycles. The highest BCUT2D eigenvalue weighted by Gasteiger charge is 2.09. The van der Waals surface area contributed by atoms with Gasteiger partial charge in [-0.2, -0.15) is 0 Å². The minimum Gasteiger partial charge on any atom is -0.367 e. The molecule has 0 aliphatic carbocycles. The third-order valence-electron chi connectivity index (χ3n) is 2.24. The number of hydrogen-bond donors (Lipinski definition) is 1. The Morgan fingerprint density at radius 1 is 1.43 bits per heavy atom. The minimum atomic E-state index is 0.409. The normalized spacial score (nSPS) is 12.6. The summed E-state index contributed by atoms with van der Waals surface area (Å²) in [5.41, 5.74) is 0.995. The number of halogens is 1. The summed E-state index contributed by atoms with van der Waals surface area (Å²) in [6.45, 7) is 6.30. The number of nitrogens with one attached hydrogen (secondary N) is 1. The van der Waals surface area contributed by atoms with E-state index in [1.54, 1.807) is 0 Å². The third kappa shape index (κ3) is 2.58. The van der Waals surface area contributed by atoms with Gasteiger partial charge in [0.15, 0.2) is 0 Å². The molecule has 0 amide bonds. The maximum Gasteiger partial charge on any atom is 0.137 e. The van der Waals surface area contributed by atoms with E-state index in [9.17, 15) is 0 Å². The van der Waals surface area contributed by atoms with Crippen LogP contribution in [-0.4, -0.2) is 16.0 Å². The first-order chi connectivity index (χ1) is 6.69. The van der Waals surface area contributed by atoms with Crippen molar-refractivity contribution in [1.82, 2.24) is 9.97 Å². The fourth-order valence-corrected chi connectivity index (χ4v) is 1.43. The van der Waals surface area contributed by atoms with Gasteiger partial charge in [-0.05, 0) is 19.8 Å². The molecule has 1 aromatic rings. The number of rotatable bonds is 4. The topological polar surface area (TPSA) is 37.8 Å². The summed E-state index contributed by atoms with van der Waals surface area (Å²) >= 11 is 5.97. The predicted molar refractivity (Wildman–Crippen MR) is 59.8 cm³/mol. The molecule has 4 heteroatoms. The number of nitrogens with zero attached hydrogens (tertiary/aromatic N) is 2. The Hall–Kier alpha value is -0.830. The van der Waals surface area contributed by atoms with E-state index in [0.29, 0.717) is 11.2 Å². The molecule has 1 heterocycles. The summed E-state index contributed by atoms with van der Waals surface area (Å²) in [5, 5.41) is 3.87. The molecule has 14 heavy (non-hydrogen) atoms. The first-order valence-electron chi connectivity index (χ1n) is 4.94. The molecule has 78 valence electrons. The average molecular weight is 214 g/mol. The van der Waals surface area contributed by atoms with Gasteiger partial charge < -0.3 is 5.32 Å². The van der Waals surface area contributed by atoms with E-state index in [1.165, 1.54) is 6.33 Å². The first-order valence-corrected chi connectivity index (χ1v) is 5.32. The molecule has 0 aliphatic rings. The van der Waals surface area contributed by atoms with Crippen molar-refractivity contribution in [3.63, 3.8) is 0 Å². The highest BCUT2D eigenvalue weighted by molar-refractivity contribution is 6.30. The standard InChI is InChI=1S/C10H16ClN3/c1-4-7(3)14-10-8(5-2)9(11)12-6-13-10/h6-7H,4-5H2,1-3H3,(H,12,13,14). The van der Waals surface area contributed by atoms with Crippen molar-refractivity contribution in [2.45, 2.75) is 39.7 Å². The minimum absolute atomic E-state index is 0.409. The van der Waals surface area contributed by atoms with Crippen LogP contribution in [0.15, 0.2) is 6.33 Å². The summed E-state index contributed by atoms with van der Waals surface area (Å²) in [6.07, 6.45) is 3.40. The summed E-state index contributed by atoms with van der Waals surface area (Å²) in [5.74, 6) is 0.863. The van der Waals surface area contributed by atoms with Gasteiger partial charge in [0.2, 0.25) is 0 Å². The third-order valence-corrected chi connectivity index (χ3v) is 2.57. The smallest absolute Gasteiger partial charge is 0.137 e. The van der Waals surface area contributed by atoms with Crippen LogP contribution in [0, 0.1) is 0 Å². The van der Waals surface area contributed by atoms with Gasteiger partial charge in [-0.3, -0.25) is 0 Å². The van der Waals surface area contributed by atoms with Crippen LogP contribution in [-0.2, 0) is 6.42 Å². The molecule has 0 fully saturated rings. The number of hydrogen-bond acceptors (Lipinski definition) is 3. The monoisotopic (exact) mass is 213 g/mol. The molecule has 0 saturated carbocycles. The molecule has 1 atom stereocenters. The quantitative estimate of drug-likeness (QED) is 0.782. The summed E-state index contributed by atoms with van der Waals surface area (Å²) in [7, 11) is 0. The van der Waals surface area contributed by atoms with E-state index in [2.05, 4.69) is 29.1 Å². The largest absolute Gasteiger partial charge is 0.367 e. The van der Waals surface area contributed by atoms with Crippen LogP contribution in [0.4, 0.5) is 5.82 Å². The Labute approximate surface area is 89.9 Å². The molecule has 1 unspecified atom stereocenters. The van der Waals surface area contributed by atoms with Gasteiger partial charge in [-0.1, -0.05) is 25.4 Å². The molecule has 0 saturated heterocycles. The molecular formula is C10H16ClN3. The highest BCUT2D eigenvalue weighted by atomic mass is 35.5. The van der Waals surface area contributed by atoms with Gasteiger partial charge in [-0.15, -0.1) is 0 Å². The Morgan fingerprint density at radius 2 is 2.14 bits per heavy atom. The van der Waals surface area contributed by atoms with Crippen molar-refractivity contribution < 1.29 is 0 Å². The summed E-state index contributed by atoms with van der Waals surface area (Å²) in [6, 6.07) is 0.409. The number of anilines is 1. The lowest BCUT2D eigenvalue weighted by molar-refractivity contribution is 0.755. The van der Waals surface area contributed by atoms with Crippen molar-refractivity contribution in [3.8, 4) is 0 Å². The fourth-order valence-electron chi connectivity index (χ4n) is 1.16. The van der Waals surface area contributed by atoms with Crippen LogP contribution >= 0.6 is 11.6 Å². The molecular weight excluding hydrogens is 198 g/mol. The molecule has 0 bridgehead atoms. The van der Waals surface area contributed by atoms with Crippen molar-refractivity contribution in [2.24, 2.45) is 0 Å². The van der Waals surface area contributed by atoms with Crippen LogP contribution in [0.25, 0.3) is 0 Å². The first kappa shape index (κ1) is 11.2. The zero-order valence-electron chi connectivity index (χ0n) is 8.84. The molecule has 0 aliphatic heterocycles. The second-order valence-corrected chi connectivity index (χ2v) is 3.66. The average Bonchev–Trinajstić information content (AvgIpc) is 2.18. The van der Waals surface area contributed by atoms with Crippen molar-refractivity contribution in [1.29, 1.82) is 0 Å². The number of aromatic nitrogens is 2. The maximum atomic E-state index is 5.97. The van der Waals surface area contributed by atoms with E-state index in [-0.39, 0.29) is 0 Å². The molecule has 0 radical (unpaired) electrons. The summed E-state index contributed by atoms with van der Waals surface area (Å²) in [4.78, 5) is 8.15. The Balaban J connectivity index is 2.90. The lowest BCUT2D eigenvalue weighted by Gasteiger charge is -2.14. The van der Waals surface area contributed by atoms with Crippen LogP contribution in [0.3, 0.4) is 0 Å².